The molecule has 1 aromatic carbocycles. The van der Waals surface area contributed by atoms with Gasteiger partial charge in [-0.25, -0.2) is 4.98 Å². The fourth-order valence-corrected chi connectivity index (χ4v) is 2.47. The summed E-state index contributed by atoms with van der Waals surface area (Å²) in [6.07, 6.45) is -3.28. The fraction of sp³-hybridized carbons (Fsp3) is 0.353. The lowest BCUT2D eigenvalue weighted by molar-refractivity contribution is -0.153. The normalized spacial score (nSPS) is 15.4. The van der Waals surface area contributed by atoms with Gasteiger partial charge in [-0.15, -0.1) is 0 Å². The molecule has 0 saturated heterocycles. The Bertz CT molecular complexity index is 790. The fourth-order valence-electron chi connectivity index (χ4n) is 2.47. The molecular formula is C17H20F3N3O2. The molecule has 5 nitrogen and oxygen atoms in total. The van der Waals surface area contributed by atoms with Crippen LogP contribution in [0.3, 0.4) is 0 Å². The van der Waals surface area contributed by atoms with Crippen LogP contribution in [0.2, 0.25) is 0 Å². The minimum absolute atomic E-state index is 0.0690. The van der Waals surface area contributed by atoms with Gasteiger partial charge < -0.3 is 21.3 Å². The zero-order chi connectivity index (χ0) is 18.8. The molecule has 1 aromatic heterocycles. The summed E-state index contributed by atoms with van der Waals surface area (Å²) in [7, 11) is 0. The Hall–Kier alpha value is -2.48. The predicted octanol–water partition coefficient (Wildman–Crippen LogP) is 2.78. The Morgan fingerprint density at radius 1 is 1.28 bits per heavy atom. The number of rotatable bonds is 5. The van der Waals surface area contributed by atoms with Crippen LogP contribution in [0, 0.1) is 5.92 Å². The van der Waals surface area contributed by atoms with E-state index >= 15 is 0 Å². The van der Waals surface area contributed by atoms with Gasteiger partial charge in [0.15, 0.2) is 6.61 Å². The second-order valence-corrected chi connectivity index (χ2v) is 6.00. The number of nitrogens with two attached hydrogens (primary N) is 2. The number of ether oxygens (including phenoxy) is 1. The molecule has 0 aliphatic carbocycles. The van der Waals surface area contributed by atoms with Crippen molar-refractivity contribution in [2.45, 2.75) is 25.6 Å². The molecule has 25 heavy (non-hydrogen) atoms. The Labute approximate surface area is 143 Å². The number of benzene rings is 1. The summed E-state index contributed by atoms with van der Waals surface area (Å²) >= 11 is 0. The molecule has 1 atom stereocenters. The second kappa shape index (κ2) is 6.79. The van der Waals surface area contributed by atoms with E-state index in [-0.39, 0.29) is 17.4 Å². The summed E-state index contributed by atoms with van der Waals surface area (Å²) in [4.78, 5) is 4.38. The summed E-state index contributed by atoms with van der Waals surface area (Å²) in [6, 6.07) is 7.56. The van der Waals surface area contributed by atoms with Crippen molar-refractivity contribution < 1.29 is 23.0 Å². The molecule has 5 N–H and O–H groups in total. The molecule has 0 aliphatic heterocycles. The van der Waals surface area contributed by atoms with Crippen LogP contribution in [0.5, 0.6) is 5.75 Å². The van der Waals surface area contributed by atoms with Crippen LogP contribution in [0.25, 0.3) is 10.9 Å². The molecule has 2 aromatic rings. The van der Waals surface area contributed by atoms with Crippen LogP contribution in [-0.2, 0) is 5.60 Å². The minimum Gasteiger partial charge on any atom is -0.484 e. The molecule has 0 spiro atoms. The summed E-state index contributed by atoms with van der Waals surface area (Å²) in [5.74, 6) is -0.216. The standard InChI is InChI=1S/C17H20F3N3O2/c1-10(2)17(24,14(22)8-21)15-6-3-11-7-12(4-5-13(11)23-15)25-9-16(18,19)20/h3-8,10,24H,9,21-22H2,1-2H3/b14-8-. The van der Waals surface area contributed by atoms with Crippen molar-refractivity contribution in [3.8, 4) is 5.75 Å². The molecule has 1 heterocycles. The van der Waals surface area contributed by atoms with Crippen molar-refractivity contribution in [3.63, 3.8) is 0 Å². The first kappa shape index (κ1) is 18.9. The third-order valence-corrected chi connectivity index (χ3v) is 3.91. The monoisotopic (exact) mass is 355 g/mol. The van der Waals surface area contributed by atoms with Crippen molar-refractivity contribution in [2.24, 2.45) is 17.4 Å². The minimum atomic E-state index is -4.41. The highest BCUT2D eigenvalue weighted by Crippen LogP contribution is 2.34. The van der Waals surface area contributed by atoms with Gasteiger partial charge in [0.05, 0.1) is 16.9 Å². The van der Waals surface area contributed by atoms with E-state index in [1.165, 1.54) is 18.2 Å². The van der Waals surface area contributed by atoms with Crippen molar-refractivity contribution in [1.82, 2.24) is 4.98 Å². The number of aromatic nitrogens is 1. The zero-order valence-electron chi connectivity index (χ0n) is 13.8. The van der Waals surface area contributed by atoms with Crippen LogP contribution in [0.1, 0.15) is 19.5 Å². The highest BCUT2D eigenvalue weighted by Gasteiger charge is 2.37. The number of nitrogens with zero attached hydrogens (tertiary/aromatic N) is 1. The molecule has 1 unspecified atom stereocenters. The average Bonchev–Trinajstić information content (AvgIpc) is 2.56. The number of aliphatic hydroxyl groups is 1. The maximum atomic E-state index is 12.2. The Balaban J connectivity index is 2.40. The number of alkyl halides is 3. The number of hydrogen-bond acceptors (Lipinski definition) is 5. The molecule has 0 saturated carbocycles. The van der Waals surface area contributed by atoms with Crippen molar-refractivity contribution in [2.75, 3.05) is 6.61 Å². The quantitative estimate of drug-likeness (QED) is 0.767. The van der Waals surface area contributed by atoms with E-state index in [4.69, 9.17) is 16.2 Å². The molecule has 2 rings (SSSR count). The summed E-state index contributed by atoms with van der Waals surface area (Å²) in [5.41, 5.74) is 10.6. The third-order valence-electron chi connectivity index (χ3n) is 3.91. The average molecular weight is 355 g/mol. The van der Waals surface area contributed by atoms with Gasteiger partial charge in [0.25, 0.3) is 0 Å². The van der Waals surface area contributed by atoms with E-state index in [0.717, 1.165) is 6.20 Å². The molecule has 0 fully saturated rings. The Morgan fingerprint density at radius 3 is 2.52 bits per heavy atom. The SMILES string of the molecule is CC(C)C(O)(/C(N)=C/N)c1ccc2cc(OCC(F)(F)F)ccc2n1. The second-order valence-electron chi connectivity index (χ2n) is 6.00. The van der Waals surface area contributed by atoms with Gasteiger partial charge in [-0.2, -0.15) is 13.2 Å². The maximum Gasteiger partial charge on any atom is 0.422 e. The van der Waals surface area contributed by atoms with E-state index in [2.05, 4.69) is 4.98 Å². The lowest BCUT2D eigenvalue weighted by atomic mass is 9.84. The number of pyridine rings is 1. The van der Waals surface area contributed by atoms with E-state index < -0.39 is 18.4 Å². The Morgan fingerprint density at radius 2 is 1.96 bits per heavy atom. The zero-order valence-corrected chi connectivity index (χ0v) is 13.8. The lowest BCUT2D eigenvalue weighted by Gasteiger charge is -2.32. The van der Waals surface area contributed by atoms with E-state index in [0.29, 0.717) is 16.6 Å². The van der Waals surface area contributed by atoms with Gasteiger partial charge in [-0.05, 0) is 30.2 Å². The van der Waals surface area contributed by atoms with Crippen LogP contribution < -0.4 is 16.2 Å². The van der Waals surface area contributed by atoms with Gasteiger partial charge >= 0.3 is 6.18 Å². The largest absolute Gasteiger partial charge is 0.484 e. The molecule has 136 valence electrons. The molecular weight excluding hydrogens is 335 g/mol. The first-order chi connectivity index (χ1) is 11.6. The smallest absolute Gasteiger partial charge is 0.422 e. The van der Waals surface area contributed by atoms with Crippen LogP contribution in [-0.4, -0.2) is 22.9 Å². The van der Waals surface area contributed by atoms with Crippen molar-refractivity contribution >= 4 is 10.9 Å². The summed E-state index contributed by atoms with van der Waals surface area (Å²) < 4.78 is 41.4. The van der Waals surface area contributed by atoms with Gasteiger partial charge in [0.1, 0.15) is 11.4 Å². The van der Waals surface area contributed by atoms with Gasteiger partial charge in [0, 0.05) is 11.6 Å². The van der Waals surface area contributed by atoms with Gasteiger partial charge in [0.2, 0.25) is 0 Å². The summed E-state index contributed by atoms with van der Waals surface area (Å²) in [5, 5.41) is 11.5. The molecule has 0 radical (unpaired) electrons. The number of fused-ring (bicyclic) bond motifs is 1. The molecule has 0 amide bonds. The van der Waals surface area contributed by atoms with Crippen LogP contribution >= 0.6 is 0 Å². The van der Waals surface area contributed by atoms with E-state index in [1.807, 2.05) is 0 Å². The molecule has 0 bridgehead atoms. The highest BCUT2D eigenvalue weighted by atomic mass is 19.4. The van der Waals surface area contributed by atoms with Gasteiger partial charge in [-0.1, -0.05) is 19.9 Å². The third kappa shape index (κ3) is 3.96. The predicted molar refractivity (Wildman–Crippen MR) is 88.5 cm³/mol. The maximum absolute atomic E-state index is 12.2. The van der Waals surface area contributed by atoms with Gasteiger partial charge in [-0.3, -0.25) is 0 Å². The van der Waals surface area contributed by atoms with Crippen molar-refractivity contribution in [1.29, 1.82) is 0 Å². The topological polar surface area (TPSA) is 94.4 Å². The number of hydrogen-bond donors (Lipinski definition) is 3. The highest BCUT2D eigenvalue weighted by molar-refractivity contribution is 5.80. The first-order valence-electron chi connectivity index (χ1n) is 7.59. The van der Waals surface area contributed by atoms with E-state index in [1.54, 1.807) is 26.0 Å². The number of halogens is 3. The Kier molecular flexibility index (Phi) is 5.12. The van der Waals surface area contributed by atoms with Crippen LogP contribution in [0.4, 0.5) is 13.2 Å². The molecule has 8 heteroatoms. The van der Waals surface area contributed by atoms with Crippen LogP contribution in [0.15, 0.2) is 42.2 Å². The van der Waals surface area contributed by atoms with Crippen molar-refractivity contribution in [3.05, 3.63) is 47.9 Å². The summed E-state index contributed by atoms with van der Waals surface area (Å²) in [6.45, 7) is 2.18. The molecule has 0 aliphatic rings. The van der Waals surface area contributed by atoms with E-state index in [9.17, 15) is 18.3 Å². The lowest BCUT2D eigenvalue weighted by Crippen LogP contribution is -2.39. The first-order valence-corrected chi connectivity index (χ1v) is 7.59.